The molecule has 0 aliphatic carbocycles. The number of hydrogen-bond acceptors (Lipinski definition) is 3. The summed E-state index contributed by atoms with van der Waals surface area (Å²) in [5.74, 6) is -0.0777. The molecule has 2 aromatic rings. The van der Waals surface area contributed by atoms with Crippen LogP contribution in [0.3, 0.4) is 0 Å². The van der Waals surface area contributed by atoms with Crippen LogP contribution in [0.2, 0.25) is 0 Å². The summed E-state index contributed by atoms with van der Waals surface area (Å²) in [7, 11) is 6.01. The van der Waals surface area contributed by atoms with Gasteiger partial charge in [-0.25, -0.2) is 0 Å². The Balaban J connectivity index is 1.84. The van der Waals surface area contributed by atoms with Gasteiger partial charge in [-0.15, -0.1) is 0 Å². The minimum absolute atomic E-state index is 0.0777. The first-order valence-electron chi connectivity index (χ1n) is 7.65. The third-order valence-corrected chi connectivity index (χ3v) is 4.38. The van der Waals surface area contributed by atoms with Crippen molar-refractivity contribution in [3.05, 3.63) is 29.9 Å². The molecule has 0 bridgehead atoms. The summed E-state index contributed by atoms with van der Waals surface area (Å²) >= 11 is 0. The summed E-state index contributed by atoms with van der Waals surface area (Å²) in [5, 5.41) is 0. The van der Waals surface area contributed by atoms with Gasteiger partial charge >= 0.3 is 0 Å². The molecular formula is C16H23N5O. The Labute approximate surface area is 130 Å². The highest BCUT2D eigenvalue weighted by atomic mass is 16.1. The highest BCUT2D eigenvalue weighted by Crippen LogP contribution is 2.09. The van der Waals surface area contributed by atoms with Crippen molar-refractivity contribution in [2.24, 2.45) is 19.1 Å². The molecule has 3 rings (SSSR count). The molecule has 0 saturated carbocycles. The van der Waals surface area contributed by atoms with Crippen LogP contribution in [0.5, 0.6) is 0 Å². The van der Waals surface area contributed by atoms with Gasteiger partial charge in [-0.1, -0.05) is 12.1 Å². The number of amides is 1. The van der Waals surface area contributed by atoms with Crippen molar-refractivity contribution in [1.82, 2.24) is 18.9 Å². The van der Waals surface area contributed by atoms with Crippen LogP contribution in [0, 0.1) is 0 Å². The van der Waals surface area contributed by atoms with E-state index in [1.165, 1.54) is 0 Å². The Bertz CT molecular complexity index is 707. The normalized spacial score (nSPS) is 17.0. The summed E-state index contributed by atoms with van der Waals surface area (Å²) < 4.78 is 3.94. The Kier molecular flexibility index (Phi) is 4.13. The summed E-state index contributed by atoms with van der Waals surface area (Å²) in [6.07, 6.45) is 0. The summed E-state index contributed by atoms with van der Waals surface area (Å²) in [6.45, 7) is 4.28. The Morgan fingerprint density at radius 1 is 1.00 bits per heavy atom. The van der Waals surface area contributed by atoms with Gasteiger partial charge in [0.2, 0.25) is 5.62 Å². The van der Waals surface area contributed by atoms with Crippen molar-refractivity contribution in [3.63, 3.8) is 0 Å². The van der Waals surface area contributed by atoms with Gasteiger partial charge in [0.25, 0.3) is 5.91 Å². The highest BCUT2D eigenvalue weighted by Gasteiger charge is 2.16. The molecule has 2 heterocycles. The van der Waals surface area contributed by atoms with Gasteiger partial charge in [-0.2, -0.15) is 4.99 Å². The zero-order chi connectivity index (χ0) is 15.7. The fourth-order valence-electron chi connectivity index (χ4n) is 2.97. The molecule has 6 nitrogen and oxygen atoms in total. The van der Waals surface area contributed by atoms with Crippen LogP contribution < -0.4 is 5.62 Å². The van der Waals surface area contributed by atoms with Crippen molar-refractivity contribution in [3.8, 4) is 0 Å². The van der Waals surface area contributed by atoms with Gasteiger partial charge in [0.15, 0.2) is 0 Å². The molecular weight excluding hydrogens is 278 g/mol. The van der Waals surface area contributed by atoms with Crippen molar-refractivity contribution in [1.29, 1.82) is 0 Å². The van der Waals surface area contributed by atoms with Crippen LogP contribution in [0.25, 0.3) is 11.0 Å². The average molecular weight is 301 g/mol. The first-order valence-corrected chi connectivity index (χ1v) is 7.65. The van der Waals surface area contributed by atoms with Gasteiger partial charge in [-0.05, 0) is 19.2 Å². The molecule has 0 radical (unpaired) electrons. The lowest BCUT2D eigenvalue weighted by atomic mass is 10.3. The number of aromatic nitrogens is 2. The molecule has 6 heteroatoms. The topological polar surface area (TPSA) is 45.8 Å². The number of aryl methyl sites for hydroxylation is 2. The smallest absolute Gasteiger partial charge is 0.263 e. The highest BCUT2D eigenvalue weighted by molar-refractivity contribution is 5.80. The van der Waals surface area contributed by atoms with E-state index in [0.29, 0.717) is 12.2 Å². The number of nitrogens with zero attached hydrogens (tertiary/aromatic N) is 5. The zero-order valence-electron chi connectivity index (χ0n) is 13.5. The number of piperazine rings is 1. The number of benzene rings is 1. The third kappa shape index (κ3) is 2.84. The van der Waals surface area contributed by atoms with E-state index in [-0.39, 0.29) is 5.91 Å². The number of para-hydroxylation sites is 2. The van der Waals surface area contributed by atoms with E-state index in [2.05, 4.69) is 21.8 Å². The lowest BCUT2D eigenvalue weighted by molar-refractivity contribution is -0.119. The largest absolute Gasteiger partial charge is 0.313 e. The molecule has 1 aliphatic rings. The van der Waals surface area contributed by atoms with Gasteiger partial charge in [-0.3, -0.25) is 9.69 Å². The van der Waals surface area contributed by atoms with Crippen molar-refractivity contribution >= 4 is 16.9 Å². The van der Waals surface area contributed by atoms with Crippen LogP contribution in [-0.4, -0.2) is 64.6 Å². The summed E-state index contributed by atoms with van der Waals surface area (Å²) in [6, 6.07) is 8.08. The molecule has 1 saturated heterocycles. The first kappa shape index (κ1) is 15.0. The number of likely N-dealkylation sites (N-methyl/N-ethyl adjacent to an activating group) is 1. The molecule has 1 aliphatic heterocycles. The molecule has 1 aromatic carbocycles. The molecule has 1 aromatic heterocycles. The molecule has 0 spiro atoms. The van der Waals surface area contributed by atoms with E-state index in [9.17, 15) is 4.79 Å². The van der Waals surface area contributed by atoms with Crippen LogP contribution >= 0.6 is 0 Å². The van der Waals surface area contributed by atoms with Gasteiger partial charge in [0.05, 0.1) is 17.6 Å². The standard InChI is InChI=1S/C16H23N5O/c1-18-8-10-21(11-9-18)12-15(22)17-16-19(2)13-6-4-5-7-14(13)20(16)3/h4-7H,8-12H2,1-3H3. The molecule has 0 atom stereocenters. The molecule has 118 valence electrons. The fraction of sp³-hybridized carbons (Fsp3) is 0.500. The zero-order valence-corrected chi connectivity index (χ0v) is 13.5. The van der Waals surface area contributed by atoms with Gasteiger partial charge in [0, 0.05) is 40.3 Å². The number of rotatable bonds is 2. The molecule has 1 fully saturated rings. The maximum Gasteiger partial charge on any atom is 0.263 e. The quantitative estimate of drug-likeness (QED) is 0.795. The summed E-state index contributed by atoms with van der Waals surface area (Å²) in [5.41, 5.74) is 2.85. The van der Waals surface area contributed by atoms with Crippen LogP contribution in [0.4, 0.5) is 0 Å². The summed E-state index contributed by atoms with van der Waals surface area (Å²) in [4.78, 5) is 21.1. The predicted octanol–water partition coefficient (Wildman–Crippen LogP) is 0.192. The van der Waals surface area contributed by atoms with Crippen molar-refractivity contribution in [2.75, 3.05) is 39.8 Å². The SMILES string of the molecule is CN1CCN(CC(=O)N=c2n(C)c3ccccc3n2C)CC1. The molecule has 22 heavy (non-hydrogen) atoms. The number of hydrogen-bond donors (Lipinski definition) is 0. The molecule has 0 N–H and O–H groups in total. The second-order valence-corrected chi connectivity index (χ2v) is 5.99. The van der Waals surface area contributed by atoms with Gasteiger partial charge < -0.3 is 14.0 Å². The molecule has 1 amide bonds. The predicted molar refractivity (Wildman–Crippen MR) is 86.4 cm³/mol. The Morgan fingerprint density at radius 2 is 1.55 bits per heavy atom. The van der Waals surface area contributed by atoms with E-state index in [4.69, 9.17) is 0 Å². The van der Waals surface area contributed by atoms with Gasteiger partial charge in [0.1, 0.15) is 0 Å². The molecule has 0 unspecified atom stereocenters. The second-order valence-electron chi connectivity index (χ2n) is 5.99. The third-order valence-electron chi connectivity index (χ3n) is 4.38. The second kappa shape index (κ2) is 6.06. The maximum absolute atomic E-state index is 12.3. The lowest BCUT2D eigenvalue weighted by Crippen LogP contribution is -2.46. The van der Waals surface area contributed by atoms with Crippen LogP contribution in [0.15, 0.2) is 29.3 Å². The minimum atomic E-state index is -0.0777. The monoisotopic (exact) mass is 301 g/mol. The number of imidazole rings is 1. The van der Waals surface area contributed by atoms with E-state index in [1.54, 1.807) is 0 Å². The van der Waals surface area contributed by atoms with Crippen molar-refractivity contribution in [2.45, 2.75) is 0 Å². The first-order chi connectivity index (χ1) is 10.6. The Hall–Kier alpha value is -1.92. The number of carbonyl (C=O) groups is 1. The van der Waals surface area contributed by atoms with Crippen LogP contribution in [0.1, 0.15) is 0 Å². The van der Waals surface area contributed by atoms with E-state index in [0.717, 1.165) is 37.2 Å². The average Bonchev–Trinajstić information content (AvgIpc) is 2.75. The van der Waals surface area contributed by atoms with Crippen molar-refractivity contribution < 1.29 is 4.79 Å². The number of carbonyl (C=O) groups excluding carboxylic acids is 1. The Morgan fingerprint density at radius 3 is 2.09 bits per heavy atom. The van der Waals surface area contributed by atoms with E-state index < -0.39 is 0 Å². The number of fused-ring (bicyclic) bond motifs is 1. The lowest BCUT2D eigenvalue weighted by Gasteiger charge is -2.31. The van der Waals surface area contributed by atoms with E-state index >= 15 is 0 Å². The maximum atomic E-state index is 12.3. The minimum Gasteiger partial charge on any atom is -0.313 e. The van der Waals surface area contributed by atoms with E-state index in [1.807, 2.05) is 47.5 Å². The van der Waals surface area contributed by atoms with Crippen LogP contribution in [-0.2, 0) is 18.9 Å². The fourth-order valence-corrected chi connectivity index (χ4v) is 2.97.